The van der Waals surface area contributed by atoms with Crippen LogP contribution in [0.2, 0.25) is 0 Å². The smallest absolute Gasteiger partial charge is 0.329 e. The number of unbranched alkanes of at least 4 members (excludes halogenated alkanes) is 12. The first-order valence-electron chi connectivity index (χ1n) is 13.7. The summed E-state index contributed by atoms with van der Waals surface area (Å²) >= 11 is 0. The fourth-order valence-corrected chi connectivity index (χ4v) is 5.79. The highest BCUT2D eigenvalue weighted by atomic mass is 32.2. The van der Waals surface area contributed by atoms with Crippen LogP contribution in [0.1, 0.15) is 117 Å². The molecule has 38 heavy (non-hydrogen) atoms. The first-order chi connectivity index (χ1) is 17.7. The van der Waals surface area contributed by atoms with Crippen molar-refractivity contribution in [2.45, 2.75) is 122 Å². The molecule has 0 aromatic heterocycles. The second-order valence-electron chi connectivity index (χ2n) is 10.1. The van der Waals surface area contributed by atoms with Crippen LogP contribution in [0, 0.1) is 5.41 Å². The number of nitrogens with zero attached hydrogens (tertiary/aromatic N) is 1. The molecule has 0 radical (unpaired) electrons. The van der Waals surface area contributed by atoms with Crippen molar-refractivity contribution < 1.29 is 47.5 Å². The molecule has 1 unspecified atom stereocenters. The highest BCUT2D eigenvalue weighted by Crippen LogP contribution is 2.42. The van der Waals surface area contributed by atoms with Crippen molar-refractivity contribution in [2.75, 3.05) is 13.1 Å². The number of rotatable bonds is 23. The van der Waals surface area contributed by atoms with Gasteiger partial charge in [-0.15, -0.1) is 0 Å². The van der Waals surface area contributed by atoms with E-state index < -0.39 is 50.5 Å². The number of carboxylic acids is 3. The van der Waals surface area contributed by atoms with E-state index in [1.165, 1.54) is 11.3 Å². The number of hydrogen-bond donors (Lipinski definition) is 4. The number of amides is 1. The first-order valence-corrected chi connectivity index (χ1v) is 15.1. The summed E-state index contributed by atoms with van der Waals surface area (Å²) in [5.41, 5.74) is -3.54. The summed E-state index contributed by atoms with van der Waals surface area (Å²) in [4.78, 5) is 50.6. The Hall–Kier alpha value is -2.21. The normalized spacial score (nSPS) is 13.6. The molecule has 4 N–H and O–H groups in total. The molecule has 0 bridgehead atoms. The summed E-state index contributed by atoms with van der Waals surface area (Å²) in [6, 6.07) is 0. The molecule has 1 amide bonds. The minimum Gasteiger partial charge on any atom is -0.480 e. The van der Waals surface area contributed by atoms with Crippen LogP contribution in [0.15, 0.2) is 0 Å². The Balaban J connectivity index is 5.83. The summed E-state index contributed by atoms with van der Waals surface area (Å²) in [7, 11) is -5.89. The summed E-state index contributed by atoms with van der Waals surface area (Å²) in [6.07, 6.45) is 11.8. The second-order valence-corrected chi connectivity index (χ2v) is 11.8. The molecule has 0 saturated heterocycles. The molecule has 0 fully saturated rings. The molecule has 11 nitrogen and oxygen atoms in total. The fraction of sp³-hybridized carbons (Fsp3) is 0.846. The Labute approximate surface area is 226 Å². The monoisotopic (exact) mass is 565 g/mol. The second kappa shape index (κ2) is 17.4. The van der Waals surface area contributed by atoms with Gasteiger partial charge < -0.3 is 20.2 Å². The van der Waals surface area contributed by atoms with E-state index >= 15 is 0 Å². The largest absolute Gasteiger partial charge is 0.480 e. The van der Waals surface area contributed by atoms with Gasteiger partial charge >= 0.3 is 17.9 Å². The van der Waals surface area contributed by atoms with Crippen molar-refractivity contribution in [3.63, 3.8) is 0 Å². The van der Waals surface area contributed by atoms with Crippen LogP contribution >= 0.6 is 0 Å². The van der Waals surface area contributed by atoms with E-state index in [0.717, 1.165) is 70.6 Å². The summed E-state index contributed by atoms with van der Waals surface area (Å²) in [6.45, 7) is 4.95. The van der Waals surface area contributed by atoms with Crippen LogP contribution < -0.4 is 0 Å². The van der Waals surface area contributed by atoms with E-state index in [0.29, 0.717) is 19.8 Å². The van der Waals surface area contributed by atoms with Gasteiger partial charge in [-0.3, -0.25) is 23.7 Å². The molecule has 12 heteroatoms. The van der Waals surface area contributed by atoms with E-state index in [1.807, 2.05) is 0 Å². The maximum absolute atomic E-state index is 13.3. The predicted molar refractivity (Wildman–Crippen MR) is 142 cm³/mol. The molecule has 0 aromatic rings. The van der Waals surface area contributed by atoms with Gasteiger partial charge in [-0.25, -0.2) is 0 Å². The summed E-state index contributed by atoms with van der Waals surface area (Å²) in [5, 5.41) is 29.0. The van der Waals surface area contributed by atoms with Gasteiger partial charge in [0, 0.05) is 13.1 Å². The Kier molecular flexibility index (Phi) is 16.4. The summed E-state index contributed by atoms with van der Waals surface area (Å²) < 4.78 is 30.8. The molecule has 0 aliphatic heterocycles. The van der Waals surface area contributed by atoms with Crippen LogP contribution in [0.25, 0.3) is 0 Å². The molecule has 0 spiro atoms. The third-order valence-corrected chi connectivity index (χ3v) is 8.87. The van der Waals surface area contributed by atoms with Gasteiger partial charge in [-0.2, -0.15) is 8.42 Å². The average molecular weight is 566 g/mol. The third kappa shape index (κ3) is 9.83. The molecular weight excluding hydrogens is 518 g/mol. The Morgan fingerprint density at radius 2 is 0.974 bits per heavy atom. The molecule has 0 saturated carbocycles. The molecule has 222 valence electrons. The molecule has 0 heterocycles. The molecule has 0 rings (SSSR count). The van der Waals surface area contributed by atoms with E-state index in [-0.39, 0.29) is 13.1 Å². The zero-order valence-electron chi connectivity index (χ0n) is 23.1. The van der Waals surface area contributed by atoms with Crippen molar-refractivity contribution in [2.24, 2.45) is 5.41 Å². The quantitative estimate of drug-likeness (QED) is 0.0775. The van der Waals surface area contributed by atoms with Crippen molar-refractivity contribution in [1.29, 1.82) is 0 Å². The molecule has 0 aliphatic rings. The number of carboxylic acid groups (broad SMARTS) is 3. The van der Waals surface area contributed by atoms with Crippen molar-refractivity contribution in [3.05, 3.63) is 0 Å². The lowest BCUT2D eigenvalue weighted by Crippen LogP contribution is -2.66. The van der Waals surface area contributed by atoms with E-state index in [1.54, 1.807) is 0 Å². The van der Waals surface area contributed by atoms with Crippen LogP contribution in [0.3, 0.4) is 0 Å². The Bertz CT molecular complexity index is 859. The maximum atomic E-state index is 13.3. The van der Waals surface area contributed by atoms with Gasteiger partial charge in [-0.05, 0) is 19.8 Å². The third-order valence-electron chi connectivity index (χ3n) is 7.27. The van der Waals surface area contributed by atoms with Crippen LogP contribution in [0.4, 0.5) is 0 Å². The highest BCUT2D eigenvalue weighted by Gasteiger charge is 2.72. The van der Waals surface area contributed by atoms with Gasteiger partial charge in [0.05, 0.1) is 6.42 Å². The number of carbonyl (C=O) groups is 4. The van der Waals surface area contributed by atoms with E-state index in [4.69, 9.17) is 0 Å². The molecular formula is C26H47NO10S. The summed E-state index contributed by atoms with van der Waals surface area (Å²) in [5.74, 6) is -8.06. The molecule has 1 atom stereocenters. The first kappa shape index (κ1) is 35.8. The predicted octanol–water partition coefficient (Wildman–Crippen LogP) is 4.59. The molecule has 0 aliphatic carbocycles. The lowest BCUT2D eigenvalue weighted by molar-refractivity contribution is -0.173. The minimum atomic E-state index is -5.89. The van der Waals surface area contributed by atoms with Crippen molar-refractivity contribution >= 4 is 33.9 Å². The number of carbonyl (C=O) groups excluding carboxylic acids is 1. The van der Waals surface area contributed by atoms with Gasteiger partial charge in [0.1, 0.15) is 0 Å². The minimum absolute atomic E-state index is 0.180. The maximum Gasteiger partial charge on any atom is 0.329 e. The zero-order chi connectivity index (χ0) is 29.4. The highest BCUT2D eigenvalue weighted by molar-refractivity contribution is 7.88. The van der Waals surface area contributed by atoms with Gasteiger partial charge in [-0.1, -0.05) is 90.9 Å². The molecule has 0 aromatic carbocycles. The van der Waals surface area contributed by atoms with Crippen LogP contribution in [-0.2, 0) is 29.3 Å². The SMILES string of the molecule is CCCCCCCCCCN(CCCCCCCC)C(=O)CC(C(=O)O)(C(C)(C(=O)O)C(=O)O)S(=O)(=O)O. The van der Waals surface area contributed by atoms with Gasteiger partial charge in [0.2, 0.25) is 10.7 Å². The Morgan fingerprint density at radius 1 is 0.632 bits per heavy atom. The number of hydrogen-bond acceptors (Lipinski definition) is 6. The fourth-order valence-electron chi connectivity index (χ4n) is 4.57. The standard InChI is InChI=1S/C26H47NO10S/c1-4-6-8-10-12-13-15-17-19-27(18-16-14-11-9-7-5-2)21(28)20-26(24(33)34,38(35,36)37)25(3,22(29)30)23(31)32/h4-20H2,1-3H3,(H,29,30)(H,31,32)(H,33,34)(H,35,36,37). The van der Waals surface area contributed by atoms with Crippen LogP contribution in [0.5, 0.6) is 0 Å². The Morgan fingerprint density at radius 3 is 1.26 bits per heavy atom. The lowest BCUT2D eigenvalue weighted by Gasteiger charge is -2.37. The topological polar surface area (TPSA) is 187 Å². The van der Waals surface area contributed by atoms with Crippen molar-refractivity contribution in [3.8, 4) is 0 Å². The van der Waals surface area contributed by atoms with E-state index in [2.05, 4.69) is 13.8 Å². The van der Waals surface area contributed by atoms with Gasteiger partial charge in [0.15, 0.2) is 5.41 Å². The van der Waals surface area contributed by atoms with Gasteiger partial charge in [0.25, 0.3) is 10.1 Å². The lowest BCUT2D eigenvalue weighted by atomic mass is 9.74. The van der Waals surface area contributed by atoms with Crippen molar-refractivity contribution in [1.82, 2.24) is 4.90 Å². The average Bonchev–Trinajstić information content (AvgIpc) is 2.82. The van der Waals surface area contributed by atoms with Crippen LogP contribution in [-0.4, -0.2) is 74.8 Å². The van der Waals surface area contributed by atoms with E-state index in [9.17, 15) is 47.5 Å². The zero-order valence-corrected chi connectivity index (χ0v) is 23.9. The number of aliphatic carboxylic acids is 3.